The summed E-state index contributed by atoms with van der Waals surface area (Å²) in [6, 6.07) is 12.9. The first-order valence-corrected chi connectivity index (χ1v) is 9.82. The third kappa shape index (κ3) is 6.74. The molecular weight excluding hydrogens is 394 g/mol. The van der Waals surface area contributed by atoms with E-state index in [2.05, 4.69) is 15.6 Å². The number of para-hydroxylation sites is 1. The minimum Gasteiger partial charge on any atom is -0.491 e. The molecule has 2 aromatic heterocycles. The van der Waals surface area contributed by atoms with Gasteiger partial charge in [-0.25, -0.2) is 4.98 Å². The van der Waals surface area contributed by atoms with Crippen LogP contribution in [0.3, 0.4) is 0 Å². The number of carbonyl (C=O) groups excluding carboxylic acids is 2. The highest BCUT2D eigenvalue weighted by atomic mass is 32.1. The Bertz CT molecular complexity index is 939. The van der Waals surface area contributed by atoms with Crippen molar-refractivity contribution in [1.82, 2.24) is 10.3 Å². The van der Waals surface area contributed by atoms with E-state index < -0.39 is 0 Å². The zero-order valence-electron chi connectivity index (χ0n) is 15.8. The summed E-state index contributed by atoms with van der Waals surface area (Å²) >= 11 is 1.29. The van der Waals surface area contributed by atoms with Crippen LogP contribution in [-0.4, -0.2) is 36.6 Å². The van der Waals surface area contributed by atoms with Crippen molar-refractivity contribution in [2.45, 2.75) is 13.5 Å². The Hall–Kier alpha value is -3.17. The van der Waals surface area contributed by atoms with Crippen molar-refractivity contribution < 1.29 is 23.5 Å². The van der Waals surface area contributed by atoms with Gasteiger partial charge in [0.15, 0.2) is 10.9 Å². The van der Waals surface area contributed by atoms with E-state index >= 15 is 0 Å². The summed E-state index contributed by atoms with van der Waals surface area (Å²) in [4.78, 5) is 27.3. The molecule has 0 fully saturated rings. The van der Waals surface area contributed by atoms with Gasteiger partial charge < -0.3 is 19.2 Å². The van der Waals surface area contributed by atoms with E-state index in [1.807, 2.05) is 30.3 Å². The number of anilines is 1. The van der Waals surface area contributed by atoms with Crippen molar-refractivity contribution in [1.29, 1.82) is 0 Å². The number of aromatic nitrogens is 1. The van der Waals surface area contributed by atoms with Gasteiger partial charge in [0, 0.05) is 12.3 Å². The molecule has 0 saturated carbocycles. The largest absolute Gasteiger partial charge is 0.491 e. The third-order valence-corrected chi connectivity index (χ3v) is 4.41. The molecule has 1 aromatic carbocycles. The van der Waals surface area contributed by atoms with Crippen LogP contribution >= 0.6 is 11.3 Å². The molecule has 29 heavy (non-hydrogen) atoms. The third-order valence-electron chi connectivity index (χ3n) is 3.65. The van der Waals surface area contributed by atoms with Crippen LogP contribution in [0.5, 0.6) is 5.75 Å². The number of hydrogen-bond acceptors (Lipinski definition) is 7. The highest BCUT2D eigenvalue weighted by Gasteiger charge is 2.11. The second-order valence-corrected chi connectivity index (χ2v) is 6.83. The molecular formula is C20H21N3O5S. The molecule has 9 heteroatoms. The fourth-order valence-electron chi connectivity index (χ4n) is 2.32. The average molecular weight is 415 g/mol. The van der Waals surface area contributed by atoms with Crippen molar-refractivity contribution in [3.05, 3.63) is 53.6 Å². The maximum absolute atomic E-state index is 12.0. The SMILES string of the molecule is CC(=O)NCc1ccc(-c2csc(NC(=O)COCCOc3ccccc3)n2)o1. The van der Waals surface area contributed by atoms with Gasteiger partial charge in [0.05, 0.1) is 13.2 Å². The summed E-state index contributed by atoms with van der Waals surface area (Å²) < 4.78 is 16.5. The van der Waals surface area contributed by atoms with E-state index in [0.717, 1.165) is 5.75 Å². The van der Waals surface area contributed by atoms with Crippen LogP contribution in [0.2, 0.25) is 0 Å². The van der Waals surface area contributed by atoms with E-state index in [-0.39, 0.29) is 18.4 Å². The zero-order chi connectivity index (χ0) is 20.5. The van der Waals surface area contributed by atoms with Crippen LogP contribution in [-0.2, 0) is 20.9 Å². The molecule has 2 heterocycles. The lowest BCUT2D eigenvalue weighted by Crippen LogP contribution is -2.20. The van der Waals surface area contributed by atoms with Crippen LogP contribution in [0, 0.1) is 0 Å². The Morgan fingerprint density at radius 3 is 2.76 bits per heavy atom. The van der Waals surface area contributed by atoms with E-state index in [4.69, 9.17) is 13.9 Å². The number of rotatable bonds is 10. The Morgan fingerprint density at radius 1 is 1.14 bits per heavy atom. The molecule has 3 rings (SSSR count). The topological polar surface area (TPSA) is 103 Å². The molecule has 0 unspecified atom stereocenters. The number of carbonyl (C=O) groups is 2. The van der Waals surface area contributed by atoms with E-state index in [9.17, 15) is 9.59 Å². The quantitative estimate of drug-likeness (QED) is 0.494. The van der Waals surface area contributed by atoms with Crippen molar-refractivity contribution >= 4 is 28.3 Å². The highest BCUT2D eigenvalue weighted by Crippen LogP contribution is 2.26. The maximum atomic E-state index is 12.0. The van der Waals surface area contributed by atoms with Crippen LogP contribution < -0.4 is 15.4 Å². The molecule has 8 nitrogen and oxygen atoms in total. The molecule has 0 radical (unpaired) electrons. The lowest BCUT2D eigenvalue weighted by molar-refractivity contribution is -0.121. The standard InChI is InChI=1S/C20H21N3O5S/c1-14(24)21-11-16-7-8-18(28-16)17-13-29-20(22-17)23-19(25)12-26-9-10-27-15-5-3-2-4-6-15/h2-8,13H,9-12H2,1H3,(H,21,24)(H,22,23,25). The summed E-state index contributed by atoms with van der Waals surface area (Å²) in [5, 5.41) is 7.59. The van der Waals surface area contributed by atoms with Gasteiger partial charge in [0.25, 0.3) is 5.91 Å². The summed E-state index contributed by atoms with van der Waals surface area (Å²) in [5.41, 5.74) is 0.608. The summed E-state index contributed by atoms with van der Waals surface area (Å²) in [5.74, 6) is 1.53. The number of furan rings is 1. The van der Waals surface area contributed by atoms with Crippen LogP contribution in [0.25, 0.3) is 11.5 Å². The van der Waals surface area contributed by atoms with Crippen molar-refractivity contribution in [3.8, 4) is 17.2 Å². The van der Waals surface area contributed by atoms with Crippen LogP contribution in [0.15, 0.2) is 52.3 Å². The second kappa shape index (κ2) is 10.4. The van der Waals surface area contributed by atoms with E-state index in [0.29, 0.717) is 42.1 Å². The smallest absolute Gasteiger partial charge is 0.252 e. The van der Waals surface area contributed by atoms with Gasteiger partial charge in [0.1, 0.15) is 30.4 Å². The predicted molar refractivity (Wildman–Crippen MR) is 109 cm³/mol. The summed E-state index contributed by atoms with van der Waals surface area (Å²) in [6.07, 6.45) is 0. The molecule has 0 aliphatic heterocycles. The molecule has 0 aliphatic rings. The molecule has 0 bridgehead atoms. The van der Waals surface area contributed by atoms with Crippen LogP contribution in [0.1, 0.15) is 12.7 Å². The Balaban J connectivity index is 1.39. The molecule has 3 aromatic rings. The van der Waals surface area contributed by atoms with Gasteiger partial charge in [-0.1, -0.05) is 18.2 Å². The van der Waals surface area contributed by atoms with Crippen molar-refractivity contribution in [3.63, 3.8) is 0 Å². The van der Waals surface area contributed by atoms with Gasteiger partial charge in [-0.05, 0) is 24.3 Å². The minimum atomic E-state index is -0.295. The lowest BCUT2D eigenvalue weighted by atomic mass is 10.3. The Kier molecular flexibility index (Phi) is 7.37. The highest BCUT2D eigenvalue weighted by molar-refractivity contribution is 7.14. The fraction of sp³-hybridized carbons (Fsp3) is 0.250. The second-order valence-electron chi connectivity index (χ2n) is 5.98. The van der Waals surface area contributed by atoms with Gasteiger partial charge in [0.2, 0.25) is 5.91 Å². The van der Waals surface area contributed by atoms with E-state index in [1.165, 1.54) is 18.3 Å². The van der Waals surface area contributed by atoms with Gasteiger partial charge in [-0.3, -0.25) is 14.9 Å². The molecule has 0 atom stereocenters. The molecule has 2 amide bonds. The molecule has 0 spiro atoms. The number of thiazole rings is 1. The average Bonchev–Trinajstić information content (AvgIpc) is 3.36. The van der Waals surface area contributed by atoms with Crippen molar-refractivity contribution in [2.75, 3.05) is 25.1 Å². The number of hydrogen-bond donors (Lipinski definition) is 2. The minimum absolute atomic E-state index is 0.0886. The number of ether oxygens (including phenoxy) is 2. The number of amides is 2. The number of nitrogens with zero attached hydrogens (tertiary/aromatic N) is 1. The number of benzene rings is 1. The van der Waals surface area contributed by atoms with E-state index in [1.54, 1.807) is 17.5 Å². The first kappa shape index (κ1) is 20.6. The van der Waals surface area contributed by atoms with Gasteiger partial charge >= 0.3 is 0 Å². The fourth-order valence-corrected chi connectivity index (χ4v) is 3.04. The molecule has 152 valence electrons. The molecule has 2 N–H and O–H groups in total. The summed E-state index contributed by atoms with van der Waals surface area (Å²) in [6.45, 7) is 2.33. The van der Waals surface area contributed by atoms with Crippen molar-refractivity contribution in [2.24, 2.45) is 0 Å². The molecule has 0 aliphatic carbocycles. The summed E-state index contributed by atoms with van der Waals surface area (Å²) in [7, 11) is 0. The Morgan fingerprint density at radius 2 is 1.97 bits per heavy atom. The monoisotopic (exact) mass is 415 g/mol. The molecule has 0 saturated heterocycles. The zero-order valence-corrected chi connectivity index (χ0v) is 16.7. The number of nitrogens with one attached hydrogen (secondary N) is 2. The first-order chi connectivity index (χ1) is 14.1. The van der Waals surface area contributed by atoms with Crippen LogP contribution in [0.4, 0.5) is 5.13 Å². The van der Waals surface area contributed by atoms with Gasteiger partial charge in [-0.15, -0.1) is 11.3 Å². The lowest BCUT2D eigenvalue weighted by Gasteiger charge is -2.06. The normalized spacial score (nSPS) is 10.5. The predicted octanol–water partition coefficient (Wildman–Crippen LogP) is 3.07. The van der Waals surface area contributed by atoms with Gasteiger partial charge in [-0.2, -0.15) is 0 Å². The maximum Gasteiger partial charge on any atom is 0.252 e. The first-order valence-electron chi connectivity index (χ1n) is 8.94. The Labute approximate surface area is 171 Å².